The van der Waals surface area contributed by atoms with Crippen molar-refractivity contribution in [3.63, 3.8) is 0 Å². The van der Waals surface area contributed by atoms with Gasteiger partial charge < -0.3 is 15.6 Å². The third-order valence-corrected chi connectivity index (χ3v) is 6.47. The first kappa shape index (κ1) is 26.9. The van der Waals surface area contributed by atoms with Crippen LogP contribution in [0.15, 0.2) is 41.8 Å². The molecular weight excluding hydrogens is 486 g/mol. The summed E-state index contributed by atoms with van der Waals surface area (Å²) in [6, 6.07) is 7.84. The minimum absolute atomic E-state index is 0.0255. The number of para-hydroxylation sites is 1. The number of nitrogens with zero attached hydrogens (tertiary/aromatic N) is 2. The van der Waals surface area contributed by atoms with E-state index in [0.29, 0.717) is 24.9 Å². The van der Waals surface area contributed by atoms with Gasteiger partial charge in [0.1, 0.15) is 11.7 Å². The van der Waals surface area contributed by atoms with Crippen LogP contribution in [0.5, 0.6) is 0 Å². The van der Waals surface area contributed by atoms with E-state index in [1.165, 1.54) is 0 Å². The molecule has 0 bridgehead atoms. The number of aromatic nitrogens is 1. The molecule has 0 aliphatic carbocycles. The SMILES string of the molecule is CC(C)C[C@@H](C(=O)NN(C[C@@H]1CCNC1=O)C(=O)/C=C/S(C)(=O)=O)n1c(C(N)=O)cc2ccccc21. The number of hydrogen-bond acceptors (Lipinski definition) is 6. The third kappa shape index (κ3) is 6.51. The summed E-state index contributed by atoms with van der Waals surface area (Å²) in [7, 11) is -3.60. The highest BCUT2D eigenvalue weighted by molar-refractivity contribution is 7.93. The molecule has 4 N–H and O–H groups in total. The van der Waals surface area contributed by atoms with E-state index in [0.717, 1.165) is 28.1 Å². The molecule has 0 spiro atoms. The summed E-state index contributed by atoms with van der Waals surface area (Å²) in [5.41, 5.74) is 8.97. The molecule has 2 heterocycles. The molecule has 1 aromatic heterocycles. The zero-order chi connectivity index (χ0) is 26.6. The van der Waals surface area contributed by atoms with Crippen LogP contribution in [-0.4, -0.2) is 61.0 Å². The van der Waals surface area contributed by atoms with E-state index in [1.807, 2.05) is 13.8 Å². The fourth-order valence-electron chi connectivity index (χ4n) is 4.19. The number of primary amides is 1. The number of sulfone groups is 1. The number of hydrogen-bond donors (Lipinski definition) is 3. The highest BCUT2D eigenvalue weighted by Gasteiger charge is 2.32. The van der Waals surface area contributed by atoms with Crippen molar-refractivity contribution in [2.24, 2.45) is 17.6 Å². The molecule has 36 heavy (non-hydrogen) atoms. The second-order valence-electron chi connectivity index (χ2n) is 9.30. The van der Waals surface area contributed by atoms with Gasteiger partial charge in [0.15, 0.2) is 9.84 Å². The van der Waals surface area contributed by atoms with Gasteiger partial charge in [-0.1, -0.05) is 32.0 Å². The van der Waals surface area contributed by atoms with Gasteiger partial charge in [0.25, 0.3) is 17.7 Å². The van der Waals surface area contributed by atoms with E-state index in [9.17, 15) is 27.6 Å². The van der Waals surface area contributed by atoms with Crippen LogP contribution in [0.25, 0.3) is 10.9 Å². The molecule has 1 saturated heterocycles. The van der Waals surface area contributed by atoms with Gasteiger partial charge in [0, 0.05) is 35.2 Å². The van der Waals surface area contributed by atoms with Crippen LogP contribution in [0.1, 0.15) is 43.2 Å². The lowest BCUT2D eigenvalue weighted by Crippen LogP contribution is -2.51. The summed E-state index contributed by atoms with van der Waals surface area (Å²) in [5, 5.41) is 5.08. The monoisotopic (exact) mass is 517 g/mol. The Kier molecular flexibility index (Phi) is 8.18. The van der Waals surface area contributed by atoms with Crippen LogP contribution in [0.2, 0.25) is 0 Å². The second-order valence-corrected chi connectivity index (χ2v) is 11.2. The summed E-state index contributed by atoms with van der Waals surface area (Å²) in [4.78, 5) is 50.9. The molecule has 2 aromatic rings. The van der Waals surface area contributed by atoms with Gasteiger partial charge in [-0.15, -0.1) is 0 Å². The lowest BCUT2D eigenvalue weighted by molar-refractivity contribution is -0.141. The summed E-state index contributed by atoms with van der Waals surface area (Å²) in [5.74, 6) is -2.92. The maximum Gasteiger partial charge on any atom is 0.265 e. The number of carbonyl (C=O) groups is 4. The fourth-order valence-corrected chi connectivity index (χ4v) is 4.55. The maximum absolute atomic E-state index is 13.6. The molecule has 1 fully saturated rings. The number of rotatable bonds is 9. The first-order valence-corrected chi connectivity index (χ1v) is 13.5. The molecular formula is C24H31N5O6S. The Balaban J connectivity index is 2.00. The van der Waals surface area contributed by atoms with Crippen LogP contribution in [0.4, 0.5) is 0 Å². The van der Waals surface area contributed by atoms with E-state index in [1.54, 1.807) is 34.9 Å². The van der Waals surface area contributed by atoms with Crippen molar-refractivity contribution >= 4 is 44.4 Å². The lowest BCUT2D eigenvalue weighted by Gasteiger charge is -2.29. The number of carbonyl (C=O) groups excluding carboxylic acids is 4. The molecule has 12 heteroatoms. The van der Waals surface area contributed by atoms with E-state index < -0.39 is 39.5 Å². The molecule has 4 amide bonds. The first-order valence-electron chi connectivity index (χ1n) is 11.5. The van der Waals surface area contributed by atoms with Gasteiger partial charge >= 0.3 is 0 Å². The zero-order valence-electron chi connectivity index (χ0n) is 20.4. The number of nitrogens with two attached hydrogens (primary N) is 1. The van der Waals surface area contributed by atoms with Crippen LogP contribution >= 0.6 is 0 Å². The van der Waals surface area contributed by atoms with Crippen molar-refractivity contribution in [2.75, 3.05) is 19.3 Å². The van der Waals surface area contributed by atoms with Crippen molar-refractivity contribution in [1.82, 2.24) is 20.3 Å². The van der Waals surface area contributed by atoms with Crippen molar-refractivity contribution in [3.05, 3.63) is 47.5 Å². The van der Waals surface area contributed by atoms with Crippen molar-refractivity contribution in [3.8, 4) is 0 Å². The smallest absolute Gasteiger partial charge is 0.265 e. The average molecular weight is 518 g/mol. The van der Waals surface area contributed by atoms with Crippen molar-refractivity contribution in [2.45, 2.75) is 32.7 Å². The Bertz CT molecular complexity index is 1310. The minimum atomic E-state index is -3.60. The number of benzene rings is 1. The predicted octanol–water partition coefficient (Wildman–Crippen LogP) is 0.882. The van der Waals surface area contributed by atoms with E-state index in [2.05, 4.69) is 10.7 Å². The average Bonchev–Trinajstić information content (AvgIpc) is 3.38. The Labute approximate surface area is 209 Å². The van der Waals surface area contributed by atoms with Gasteiger partial charge in [-0.05, 0) is 30.9 Å². The number of hydrazine groups is 1. The van der Waals surface area contributed by atoms with Crippen molar-refractivity contribution in [1.29, 1.82) is 0 Å². The predicted molar refractivity (Wildman–Crippen MR) is 134 cm³/mol. The van der Waals surface area contributed by atoms with Gasteiger partial charge in [-0.2, -0.15) is 0 Å². The quantitative estimate of drug-likeness (QED) is 0.331. The Morgan fingerprint density at radius 1 is 1.28 bits per heavy atom. The lowest BCUT2D eigenvalue weighted by atomic mass is 10.0. The van der Waals surface area contributed by atoms with Crippen LogP contribution in [-0.2, 0) is 24.2 Å². The maximum atomic E-state index is 13.6. The molecule has 0 saturated carbocycles. The van der Waals surface area contributed by atoms with Crippen molar-refractivity contribution < 1.29 is 27.6 Å². The normalized spacial score (nSPS) is 16.9. The van der Waals surface area contributed by atoms with E-state index in [-0.39, 0.29) is 24.1 Å². The molecule has 1 aliphatic rings. The molecule has 194 valence electrons. The third-order valence-electron chi connectivity index (χ3n) is 5.84. The highest BCUT2D eigenvalue weighted by Crippen LogP contribution is 2.28. The molecule has 2 atom stereocenters. The topological polar surface area (TPSA) is 161 Å². The summed E-state index contributed by atoms with van der Waals surface area (Å²) >= 11 is 0. The zero-order valence-corrected chi connectivity index (χ0v) is 21.2. The van der Waals surface area contributed by atoms with Crippen LogP contribution in [0, 0.1) is 11.8 Å². The number of amides is 4. The number of fused-ring (bicyclic) bond motifs is 1. The molecule has 11 nitrogen and oxygen atoms in total. The number of nitrogens with one attached hydrogen (secondary N) is 2. The van der Waals surface area contributed by atoms with Crippen LogP contribution < -0.4 is 16.5 Å². The minimum Gasteiger partial charge on any atom is -0.364 e. The standard InChI is InChI=1S/C24H31N5O6S/c1-15(2)12-20(29-18-7-5-4-6-16(18)13-19(29)22(25)31)24(33)27-28(14-17-8-10-26-23(17)32)21(30)9-11-36(3,34)35/h4-7,9,11,13,15,17,20H,8,10,12,14H2,1-3H3,(H2,25,31)(H,26,32)(H,27,33)/b11-9+/t17-,20-/m0/s1. The second kappa shape index (κ2) is 10.9. The Morgan fingerprint density at radius 2 is 1.97 bits per heavy atom. The Hall–Kier alpha value is -3.67. The van der Waals surface area contributed by atoms with Crippen LogP contribution in [0.3, 0.4) is 0 Å². The van der Waals surface area contributed by atoms with Gasteiger partial charge in [-0.3, -0.25) is 24.6 Å². The van der Waals surface area contributed by atoms with E-state index in [4.69, 9.17) is 5.73 Å². The van der Waals surface area contributed by atoms with Gasteiger partial charge in [0.05, 0.1) is 12.5 Å². The molecule has 3 rings (SSSR count). The van der Waals surface area contributed by atoms with E-state index >= 15 is 0 Å². The largest absolute Gasteiger partial charge is 0.364 e. The first-order chi connectivity index (χ1) is 16.9. The summed E-state index contributed by atoms with van der Waals surface area (Å²) in [6.07, 6.45) is 2.54. The summed E-state index contributed by atoms with van der Waals surface area (Å²) < 4.78 is 24.6. The fraction of sp³-hybridized carbons (Fsp3) is 0.417. The molecule has 0 radical (unpaired) electrons. The molecule has 1 aliphatic heterocycles. The Morgan fingerprint density at radius 3 is 2.56 bits per heavy atom. The van der Waals surface area contributed by atoms with Gasteiger partial charge in [0.2, 0.25) is 5.91 Å². The van der Waals surface area contributed by atoms with Gasteiger partial charge in [-0.25, -0.2) is 13.4 Å². The molecule has 1 aromatic carbocycles. The summed E-state index contributed by atoms with van der Waals surface area (Å²) in [6.45, 7) is 4.12. The highest BCUT2D eigenvalue weighted by atomic mass is 32.2. The molecule has 0 unspecified atom stereocenters.